The van der Waals surface area contributed by atoms with Crippen molar-refractivity contribution in [2.75, 3.05) is 13.2 Å². The third-order valence-corrected chi connectivity index (χ3v) is 6.77. The van der Waals surface area contributed by atoms with E-state index in [4.69, 9.17) is 21.3 Å². The number of hydrogen-bond donors (Lipinski definition) is 1. The van der Waals surface area contributed by atoms with Crippen molar-refractivity contribution in [1.29, 1.82) is 0 Å². The molecule has 2 heterocycles. The number of aromatic carboxylic acids is 1. The molecular formula is C28H29ClN2O4. The molecule has 1 aliphatic heterocycles. The van der Waals surface area contributed by atoms with Gasteiger partial charge in [-0.25, -0.2) is 4.79 Å². The maximum absolute atomic E-state index is 13.0. The summed E-state index contributed by atoms with van der Waals surface area (Å²) in [5.41, 5.74) is 3.40. The first-order valence-corrected chi connectivity index (χ1v) is 12.3. The van der Waals surface area contributed by atoms with Gasteiger partial charge >= 0.3 is 5.97 Å². The fourth-order valence-electron chi connectivity index (χ4n) is 4.47. The maximum atomic E-state index is 13.0. The van der Waals surface area contributed by atoms with Crippen molar-refractivity contribution in [3.63, 3.8) is 0 Å². The lowest BCUT2D eigenvalue weighted by atomic mass is 10.1. The Morgan fingerprint density at radius 2 is 1.91 bits per heavy atom. The summed E-state index contributed by atoms with van der Waals surface area (Å²) in [5, 5.41) is 10.3. The Morgan fingerprint density at radius 3 is 2.66 bits per heavy atom. The number of aromatic nitrogens is 1. The number of pyridine rings is 1. The highest BCUT2D eigenvalue weighted by Gasteiger charge is 2.31. The molecule has 0 bridgehead atoms. The van der Waals surface area contributed by atoms with E-state index in [0.29, 0.717) is 42.3 Å². The van der Waals surface area contributed by atoms with Crippen molar-refractivity contribution in [3.05, 3.63) is 93.8 Å². The number of carboxylic acids is 1. The Hall–Kier alpha value is -3.38. The molecule has 0 aliphatic carbocycles. The quantitative estimate of drug-likeness (QED) is 0.417. The molecule has 1 atom stereocenters. The van der Waals surface area contributed by atoms with E-state index < -0.39 is 5.97 Å². The van der Waals surface area contributed by atoms with Crippen LogP contribution in [0.4, 0.5) is 0 Å². The van der Waals surface area contributed by atoms with Gasteiger partial charge in [-0.2, -0.15) is 0 Å². The molecule has 1 aromatic heterocycles. The van der Waals surface area contributed by atoms with E-state index in [1.54, 1.807) is 24.3 Å². The van der Waals surface area contributed by atoms with E-state index in [1.807, 2.05) is 48.2 Å². The largest absolute Gasteiger partial charge is 0.493 e. The summed E-state index contributed by atoms with van der Waals surface area (Å²) in [6.07, 6.45) is 3.19. The fourth-order valence-corrected chi connectivity index (χ4v) is 4.59. The monoisotopic (exact) mass is 492 g/mol. The third kappa shape index (κ3) is 6.20. The number of carbonyl (C=O) groups excluding carboxylic acids is 1. The number of benzene rings is 2. The average molecular weight is 493 g/mol. The Labute approximate surface area is 210 Å². The van der Waals surface area contributed by atoms with E-state index in [1.165, 1.54) is 0 Å². The number of hydrogen-bond acceptors (Lipinski definition) is 4. The zero-order valence-corrected chi connectivity index (χ0v) is 20.5. The molecule has 182 valence electrons. The van der Waals surface area contributed by atoms with E-state index in [2.05, 4.69) is 0 Å². The number of rotatable bonds is 9. The Morgan fingerprint density at radius 1 is 1.11 bits per heavy atom. The molecule has 4 rings (SSSR count). The molecule has 0 spiro atoms. The summed E-state index contributed by atoms with van der Waals surface area (Å²) < 4.78 is 5.82. The summed E-state index contributed by atoms with van der Waals surface area (Å²) >= 11 is 6.07. The van der Waals surface area contributed by atoms with Crippen LogP contribution in [0, 0.1) is 6.92 Å². The molecule has 3 aromatic rings. The van der Waals surface area contributed by atoms with Gasteiger partial charge in [0.15, 0.2) is 0 Å². The number of amides is 1. The normalized spacial score (nSPS) is 15.3. The number of halogens is 1. The second-order valence-electron chi connectivity index (χ2n) is 8.78. The van der Waals surface area contributed by atoms with Crippen LogP contribution in [0.1, 0.15) is 58.2 Å². The summed E-state index contributed by atoms with van der Waals surface area (Å²) in [7, 11) is 0. The second kappa shape index (κ2) is 11.4. The van der Waals surface area contributed by atoms with Crippen molar-refractivity contribution >= 4 is 23.5 Å². The van der Waals surface area contributed by atoms with Crippen molar-refractivity contribution in [2.24, 2.45) is 0 Å². The summed E-state index contributed by atoms with van der Waals surface area (Å²) in [4.78, 5) is 31.4. The molecule has 7 heteroatoms. The van der Waals surface area contributed by atoms with Gasteiger partial charge in [-0.05, 0) is 67.6 Å². The van der Waals surface area contributed by atoms with Crippen molar-refractivity contribution in [2.45, 2.75) is 45.1 Å². The topological polar surface area (TPSA) is 79.7 Å². The molecule has 2 aromatic carbocycles. The highest BCUT2D eigenvalue weighted by molar-refractivity contribution is 6.31. The van der Waals surface area contributed by atoms with Gasteiger partial charge in [-0.15, -0.1) is 0 Å². The van der Waals surface area contributed by atoms with Crippen molar-refractivity contribution in [1.82, 2.24) is 9.88 Å². The molecule has 1 amide bonds. The van der Waals surface area contributed by atoms with Gasteiger partial charge < -0.3 is 14.7 Å². The van der Waals surface area contributed by atoms with E-state index in [9.17, 15) is 14.7 Å². The van der Waals surface area contributed by atoms with Crippen LogP contribution < -0.4 is 4.74 Å². The highest BCUT2D eigenvalue weighted by atomic mass is 35.5. The lowest BCUT2D eigenvalue weighted by Gasteiger charge is -2.25. The van der Waals surface area contributed by atoms with Crippen LogP contribution in [-0.2, 0) is 17.6 Å². The van der Waals surface area contributed by atoms with Gasteiger partial charge in [0.1, 0.15) is 5.75 Å². The van der Waals surface area contributed by atoms with Crippen LogP contribution in [0.15, 0.2) is 60.7 Å². The fraction of sp³-hybridized carbons (Fsp3) is 0.321. The minimum Gasteiger partial charge on any atom is -0.493 e. The standard InChI is InChI=1S/C28H29ClN2O4/c1-19-18-21(10-12-23(19)29)35-17-15-24-22(28(33)34)11-13-25(30-24)26-8-5-16-31(26)27(32)14-9-20-6-3-2-4-7-20/h2-4,6-7,10-13,18,26H,5,8-9,14-17H2,1H3,(H,33,34)/t26-/m1/s1. The molecule has 0 radical (unpaired) electrons. The molecule has 1 fully saturated rings. The number of likely N-dealkylation sites (tertiary alicyclic amines) is 1. The predicted molar refractivity (Wildman–Crippen MR) is 135 cm³/mol. The third-order valence-electron chi connectivity index (χ3n) is 6.35. The maximum Gasteiger partial charge on any atom is 0.337 e. The van der Waals surface area contributed by atoms with Crippen LogP contribution in [0.3, 0.4) is 0 Å². The van der Waals surface area contributed by atoms with Crippen LogP contribution in [0.5, 0.6) is 5.75 Å². The van der Waals surface area contributed by atoms with Gasteiger partial charge in [0.25, 0.3) is 0 Å². The van der Waals surface area contributed by atoms with Crippen molar-refractivity contribution in [3.8, 4) is 5.75 Å². The lowest BCUT2D eigenvalue weighted by Crippen LogP contribution is -2.31. The molecular weight excluding hydrogens is 464 g/mol. The predicted octanol–water partition coefficient (Wildman–Crippen LogP) is 5.66. The SMILES string of the molecule is Cc1cc(OCCc2nc([C@H]3CCCN3C(=O)CCc3ccccc3)ccc2C(=O)O)ccc1Cl. The number of aryl methyl sites for hydroxylation is 2. The Bertz CT molecular complexity index is 1200. The molecule has 6 nitrogen and oxygen atoms in total. The molecule has 1 saturated heterocycles. The molecule has 0 unspecified atom stereocenters. The molecule has 35 heavy (non-hydrogen) atoms. The Balaban J connectivity index is 1.45. The van der Waals surface area contributed by atoms with E-state index >= 15 is 0 Å². The van der Waals surface area contributed by atoms with Crippen molar-refractivity contribution < 1.29 is 19.4 Å². The number of nitrogens with zero attached hydrogens (tertiary/aromatic N) is 2. The van der Waals surface area contributed by atoms with Gasteiger partial charge in [0.05, 0.1) is 29.6 Å². The van der Waals surface area contributed by atoms with Crippen LogP contribution >= 0.6 is 11.6 Å². The van der Waals surface area contributed by atoms with Crippen LogP contribution in [0.25, 0.3) is 0 Å². The number of ether oxygens (including phenoxy) is 1. The lowest BCUT2D eigenvalue weighted by molar-refractivity contribution is -0.132. The van der Waals surface area contributed by atoms with Gasteiger partial charge in [0.2, 0.25) is 5.91 Å². The second-order valence-corrected chi connectivity index (χ2v) is 9.18. The zero-order valence-electron chi connectivity index (χ0n) is 19.7. The minimum atomic E-state index is -1.02. The Kier molecular flexibility index (Phi) is 8.03. The molecule has 0 saturated carbocycles. The highest BCUT2D eigenvalue weighted by Crippen LogP contribution is 2.32. The number of carbonyl (C=O) groups is 2. The summed E-state index contributed by atoms with van der Waals surface area (Å²) in [6.45, 7) is 2.87. The zero-order chi connectivity index (χ0) is 24.8. The molecule has 1 N–H and O–H groups in total. The molecule has 1 aliphatic rings. The van der Waals surface area contributed by atoms with Crippen LogP contribution in [-0.4, -0.2) is 40.0 Å². The average Bonchev–Trinajstić information content (AvgIpc) is 3.35. The summed E-state index contributed by atoms with van der Waals surface area (Å²) in [5.74, 6) is -0.252. The van der Waals surface area contributed by atoms with Crippen LogP contribution in [0.2, 0.25) is 5.02 Å². The van der Waals surface area contributed by atoms with Gasteiger partial charge in [-0.3, -0.25) is 9.78 Å². The van der Waals surface area contributed by atoms with E-state index in [-0.39, 0.29) is 24.1 Å². The first-order valence-electron chi connectivity index (χ1n) is 11.9. The first kappa shape index (κ1) is 24.7. The number of carboxylic acid groups (broad SMARTS) is 1. The summed E-state index contributed by atoms with van der Waals surface area (Å²) in [6, 6.07) is 18.6. The minimum absolute atomic E-state index is 0.100. The van der Waals surface area contributed by atoms with E-state index in [0.717, 1.165) is 29.7 Å². The first-order chi connectivity index (χ1) is 16.9. The smallest absolute Gasteiger partial charge is 0.337 e. The van der Waals surface area contributed by atoms with Gasteiger partial charge in [0, 0.05) is 24.4 Å². The van der Waals surface area contributed by atoms with Gasteiger partial charge in [-0.1, -0.05) is 41.9 Å².